The molecule has 7 rings (SSSR count). The molecule has 3 N–H and O–H groups in total. The number of nitrogens with one attached hydrogen (secondary N) is 3. The largest absolute Gasteiger partial charge is 0.573 e. The fourth-order valence-corrected chi connectivity index (χ4v) is 7.38. The lowest BCUT2D eigenvalue weighted by Gasteiger charge is -2.60. The van der Waals surface area contributed by atoms with Gasteiger partial charge in [-0.25, -0.2) is 4.98 Å². The molecule has 2 heterocycles. The van der Waals surface area contributed by atoms with Crippen LogP contribution in [0.1, 0.15) is 53.6 Å². The van der Waals surface area contributed by atoms with E-state index in [0.29, 0.717) is 35.7 Å². The van der Waals surface area contributed by atoms with E-state index in [9.17, 15) is 23.2 Å². The highest BCUT2D eigenvalue weighted by molar-refractivity contribution is 5.94. The summed E-state index contributed by atoms with van der Waals surface area (Å²) in [7, 11) is 0. The molecule has 4 bridgehead atoms. The first-order valence-electron chi connectivity index (χ1n) is 14.0. The number of carbonyl (C=O) groups is 1. The van der Waals surface area contributed by atoms with Gasteiger partial charge in [0.2, 0.25) is 5.95 Å². The van der Waals surface area contributed by atoms with Crippen LogP contribution in [0, 0.1) is 34.5 Å². The van der Waals surface area contributed by atoms with Gasteiger partial charge in [-0.15, -0.1) is 13.2 Å². The predicted octanol–water partition coefficient (Wildman–Crippen LogP) is 5.29. The van der Waals surface area contributed by atoms with Gasteiger partial charge in [0.25, 0.3) is 5.91 Å². The Kier molecular flexibility index (Phi) is 7.35. The number of carbonyl (C=O) groups excluding carboxylic acids is 1. The Bertz CT molecular complexity index is 1480. The van der Waals surface area contributed by atoms with Crippen molar-refractivity contribution < 1.29 is 22.7 Å². The molecule has 0 spiro atoms. The van der Waals surface area contributed by atoms with E-state index in [4.69, 9.17) is 0 Å². The molecular weight excluding hydrogens is 547 g/mol. The number of nitriles is 1. The molecule has 4 aliphatic carbocycles. The van der Waals surface area contributed by atoms with Crippen LogP contribution in [0.4, 0.5) is 24.9 Å². The highest BCUT2D eigenvalue weighted by atomic mass is 19.4. The maximum atomic E-state index is 12.9. The molecule has 2 atom stereocenters. The number of rotatable bonds is 9. The van der Waals surface area contributed by atoms with E-state index < -0.39 is 6.36 Å². The number of aromatic nitrogens is 3. The monoisotopic (exact) mass is 577 g/mol. The number of hydrogen-bond acceptors (Lipinski definition) is 8. The molecule has 9 nitrogen and oxygen atoms in total. The molecule has 12 heteroatoms. The maximum Gasteiger partial charge on any atom is 0.573 e. The van der Waals surface area contributed by atoms with Crippen molar-refractivity contribution in [2.75, 3.05) is 17.2 Å². The van der Waals surface area contributed by atoms with E-state index in [2.05, 4.69) is 41.7 Å². The number of amides is 1. The molecule has 0 saturated heterocycles. The van der Waals surface area contributed by atoms with Crippen molar-refractivity contribution in [3.05, 3.63) is 71.7 Å². The molecule has 4 aliphatic rings. The molecule has 2 aromatic heterocycles. The topological polar surface area (TPSA) is 125 Å². The molecule has 218 valence electrons. The first-order chi connectivity index (χ1) is 20.2. The number of nitrogens with zero attached hydrogens (tertiary/aromatic N) is 4. The summed E-state index contributed by atoms with van der Waals surface area (Å²) < 4.78 is 42.5. The Morgan fingerprint density at radius 1 is 1.07 bits per heavy atom. The molecule has 4 fully saturated rings. The van der Waals surface area contributed by atoms with Crippen molar-refractivity contribution >= 4 is 17.7 Å². The minimum atomic E-state index is -4.81. The second-order valence-corrected chi connectivity index (χ2v) is 11.6. The van der Waals surface area contributed by atoms with Crippen LogP contribution in [0.2, 0.25) is 0 Å². The van der Waals surface area contributed by atoms with Gasteiger partial charge >= 0.3 is 6.36 Å². The third-order valence-electron chi connectivity index (χ3n) is 8.80. The summed E-state index contributed by atoms with van der Waals surface area (Å²) >= 11 is 0. The van der Waals surface area contributed by atoms with E-state index >= 15 is 0 Å². The zero-order chi connectivity index (χ0) is 29.3. The fraction of sp³-hybridized carbons (Fsp3) is 0.433. The standard InChI is InChI=1S/C30H30F3N7O2/c31-30(32,33)42-24-6-2-1-4-19(24)15-36-28-37-16-23(13-34)26(40-28)38-17-29-10-18-8-21(11-29)25(22(9-18)12-29)39-27(41)20-5-3-7-35-14-20/h1-7,14,16,18,21-22,25H,8-12,15,17H2,(H,39,41)(H2,36,37,38,40)/t18?,21-,22-,25?,29?/m0/s1. The molecule has 4 saturated carbocycles. The first kappa shape index (κ1) is 27.8. The van der Waals surface area contributed by atoms with Gasteiger partial charge in [-0.1, -0.05) is 18.2 Å². The SMILES string of the molecule is N#Cc1cnc(NCc2ccccc2OC(F)(F)F)nc1NCC12CC3C[C@@H](C1)C(NC(=O)c1cccnc1)[C@@H](C3)C2. The summed E-state index contributed by atoms with van der Waals surface area (Å²) in [6.07, 6.45) is 5.06. The van der Waals surface area contributed by atoms with Crippen molar-refractivity contribution in [1.82, 2.24) is 20.3 Å². The normalized spacial score (nSPS) is 25.9. The van der Waals surface area contributed by atoms with E-state index in [0.717, 1.165) is 32.1 Å². The Labute approximate surface area is 240 Å². The Morgan fingerprint density at radius 2 is 1.86 bits per heavy atom. The average Bonchev–Trinajstić information content (AvgIpc) is 2.97. The van der Waals surface area contributed by atoms with Gasteiger partial charge in [-0.3, -0.25) is 9.78 Å². The van der Waals surface area contributed by atoms with Crippen LogP contribution in [-0.4, -0.2) is 39.8 Å². The van der Waals surface area contributed by atoms with Gasteiger partial charge in [0, 0.05) is 37.1 Å². The second-order valence-electron chi connectivity index (χ2n) is 11.6. The third-order valence-corrected chi connectivity index (χ3v) is 8.80. The molecule has 0 aliphatic heterocycles. The van der Waals surface area contributed by atoms with Crippen LogP contribution in [0.3, 0.4) is 0 Å². The van der Waals surface area contributed by atoms with Gasteiger partial charge in [0.05, 0.1) is 11.8 Å². The van der Waals surface area contributed by atoms with Crippen LogP contribution in [-0.2, 0) is 6.54 Å². The lowest BCUT2D eigenvalue weighted by molar-refractivity contribution is -0.274. The number of alkyl halides is 3. The lowest BCUT2D eigenvalue weighted by Crippen LogP contribution is -2.60. The number of para-hydroxylation sites is 1. The van der Waals surface area contributed by atoms with Gasteiger partial charge in [-0.2, -0.15) is 10.2 Å². The van der Waals surface area contributed by atoms with Crippen molar-refractivity contribution in [2.45, 2.75) is 51.1 Å². The highest BCUT2D eigenvalue weighted by Crippen LogP contribution is 2.60. The van der Waals surface area contributed by atoms with Crippen molar-refractivity contribution in [3.8, 4) is 11.8 Å². The number of halogens is 3. The van der Waals surface area contributed by atoms with Crippen molar-refractivity contribution in [2.24, 2.45) is 23.2 Å². The lowest BCUT2D eigenvalue weighted by atomic mass is 9.48. The van der Waals surface area contributed by atoms with Crippen LogP contribution in [0.25, 0.3) is 0 Å². The molecule has 3 aromatic rings. The summed E-state index contributed by atoms with van der Waals surface area (Å²) in [5.41, 5.74) is 1.17. The Morgan fingerprint density at radius 3 is 2.57 bits per heavy atom. The number of benzene rings is 1. The highest BCUT2D eigenvalue weighted by Gasteiger charge is 2.55. The second kappa shape index (κ2) is 11.1. The number of ether oxygens (including phenoxy) is 1. The maximum absolute atomic E-state index is 12.9. The smallest absolute Gasteiger partial charge is 0.405 e. The Hall–Kier alpha value is -4.40. The van der Waals surface area contributed by atoms with E-state index in [1.165, 1.54) is 24.4 Å². The van der Waals surface area contributed by atoms with E-state index in [-0.39, 0.29) is 46.7 Å². The zero-order valence-electron chi connectivity index (χ0n) is 22.7. The average molecular weight is 578 g/mol. The van der Waals surface area contributed by atoms with Crippen LogP contribution < -0.4 is 20.7 Å². The van der Waals surface area contributed by atoms with Crippen LogP contribution in [0.5, 0.6) is 5.75 Å². The number of pyridine rings is 1. The summed E-state index contributed by atoms with van der Waals surface area (Å²) in [5.74, 6) is 1.55. The van der Waals surface area contributed by atoms with E-state index in [1.54, 1.807) is 30.6 Å². The summed E-state index contributed by atoms with van der Waals surface area (Å²) in [6, 6.07) is 11.6. The van der Waals surface area contributed by atoms with Crippen LogP contribution >= 0.6 is 0 Å². The number of hydrogen-bond donors (Lipinski definition) is 3. The van der Waals surface area contributed by atoms with E-state index in [1.807, 2.05) is 0 Å². The summed E-state index contributed by atoms with van der Waals surface area (Å²) in [4.78, 5) is 25.6. The zero-order valence-corrected chi connectivity index (χ0v) is 22.7. The molecule has 1 aromatic carbocycles. The third kappa shape index (κ3) is 5.95. The van der Waals surface area contributed by atoms with Crippen molar-refractivity contribution in [3.63, 3.8) is 0 Å². The summed E-state index contributed by atoms with van der Waals surface area (Å²) in [6.45, 7) is 0.631. The van der Waals surface area contributed by atoms with Gasteiger partial charge in [-0.05, 0) is 73.5 Å². The summed E-state index contributed by atoms with van der Waals surface area (Å²) in [5, 5.41) is 19.3. The van der Waals surface area contributed by atoms with Crippen LogP contribution in [0.15, 0.2) is 55.0 Å². The fourth-order valence-electron chi connectivity index (χ4n) is 7.38. The minimum absolute atomic E-state index is 0.00127. The predicted molar refractivity (Wildman–Crippen MR) is 147 cm³/mol. The molecule has 42 heavy (non-hydrogen) atoms. The minimum Gasteiger partial charge on any atom is -0.405 e. The van der Waals surface area contributed by atoms with Crippen molar-refractivity contribution in [1.29, 1.82) is 5.26 Å². The molecular formula is C30H30F3N7O2. The van der Waals surface area contributed by atoms with Gasteiger partial charge in [0.1, 0.15) is 23.2 Å². The first-order valence-corrected chi connectivity index (χ1v) is 14.0. The number of anilines is 2. The molecule has 1 amide bonds. The Balaban J connectivity index is 1.12. The molecule has 0 radical (unpaired) electrons. The molecule has 0 unspecified atom stereocenters. The van der Waals surface area contributed by atoms with Gasteiger partial charge in [0.15, 0.2) is 0 Å². The van der Waals surface area contributed by atoms with Gasteiger partial charge < -0.3 is 20.7 Å². The quantitative estimate of drug-likeness (QED) is 0.313.